The highest BCUT2D eigenvalue weighted by molar-refractivity contribution is 9.10. The van der Waals surface area contributed by atoms with Gasteiger partial charge in [-0.05, 0) is 48.4 Å². The van der Waals surface area contributed by atoms with Crippen molar-refractivity contribution in [2.75, 3.05) is 17.1 Å². The lowest BCUT2D eigenvalue weighted by Crippen LogP contribution is -2.40. The van der Waals surface area contributed by atoms with E-state index in [1.807, 2.05) is 6.92 Å². The highest BCUT2D eigenvalue weighted by Gasteiger charge is 2.21. The predicted octanol–water partition coefficient (Wildman–Crippen LogP) is 2.98. The number of carbonyl (C=O) groups excluding carboxylic acids is 1. The van der Waals surface area contributed by atoms with E-state index in [0.717, 1.165) is 26.2 Å². The first-order valence-electron chi connectivity index (χ1n) is 7.42. The minimum Gasteiger partial charge on any atom is -0.350 e. The third-order valence-corrected chi connectivity index (χ3v) is 5.55. The molecule has 0 aliphatic carbocycles. The van der Waals surface area contributed by atoms with Gasteiger partial charge >= 0.3 is 0 Å². The molecule has 25 heavy (non-hydrogen) atoms. The van der Waals surface area contributed by atoms with E-state index in [9.17, 15) is 17.6 Å². The van der Waals surface area contributed by atoms with Gasteiger partial charge in [0.15, 0.2) is 0 Å². The summed E-state index contributed by atoms with van der Waals surface area (Å²) in [6, 6.07) is 10.8. The normalized spacial score (nSPS) is 11.2. The molecule has 1 amide bonds. The van der Waals surface area contributed by atoms with Crippen LogP contribution in [0.1, 0.15) is 11.1 Å². The minimum atomic E-state index is -3.62. The molecule has 0 saturated carbocycles. The Labute approximate surface area is 155 Å². The fraction of sp³-hybridized carbons (Fsp3) is 0.235. The van der Waals surface area contributed by atoms with Crippen molar-refractivity contribution in [3.8, 4) is 0 Å². The number of carbonyl (C=O) groups is 1. The number of aryl methyl sites for hydroxylation is 1. The van der Waals surface area contributed by atoms with Crippen LogP contribution in [0.2, 0.25) is 0 Å². The number of sulfonamides is 1. The monoisotopic (exact) mass is 428 g/mol. The summed E-state index contributed by atoms with van der Waals surface area (Å²) >= 11 is 3.36. The Morgan fingerprint density at radius 3 is 2.40 bits per heavy atom. The zero-order valence-corrected chi connectivity index (χ0v) is 16.2. The van der Waals surface area contributed by atoms with Crippen LogP contribution in [0.5, 0.6) is 0 Å². The average molecular weight is 429 g/mol. The molecular weight excluding hydrogens is 411 g/mol. The Kier molecular flexibility index (Phi) is 6.18. The summed E-state index contributed by atoms with van der Waals surface area (Å²) in [6.07, 6.45) is 1.05. The molecule has 0 atom stereocenters. The molecule has 0 bridgehead atoms. The fourth-order valence-electron chi connectivity index (χ4n) is 2.17. The van der Waals surface area contributed by atoms with Crippen LogP contribution in [0.25, 0.3) is 0 Å². The van der Waals surface area contributed by atoms with Gasteiger partial charge in [-0.1, -0.05) is 28.1 Å². The van der Waals surface area contributed by atoms with Crippen LogP contribution in [-0.4, -0.2) is 27.1 Å². The van der Waals surface area contributed by atoms with Crippen LogP contribution in [0.15, 0.2) is 46.9 Å². The van der Waals surface area contributed by atoms with Gasteiger partial charge in [-0.25, -0.2) is 12.8 Å². The molecule has 0 fully saturated rings. The van der Waals surface area contributed by atoms with E-state index in [1.54, 1.807) is 30.3 Å². The molecule has 0 spiro atoms. The maximum absolute atomic E-state index is 12.9. The van der Waals surface area contributed by atoms with E-state index < -0.39 is 15.9 Å². The summed E-state index contributed by atoms with van der Waals surface area (Å²) in [7, 11) is -3.62. The number of nitrogens with zero attached hydrogens (tertiary/aromatic N) is 1. The van der Waals surface area contributed by atoms with Crippen molar-refractivity contribution >= 4 is 37.5 Å². The molecule has 8 heteroatoms. The molecular formula is C17H18BrFN2O3S. The van der Waals surface area contributed by atoms with Crippen molar-refractivity contribution in [1.29, 1.82) is 0 Å². The van der Waals surface area contributed by atoms with Gasteiger partial charge in [-0.3, -0.25) is 9.10 Å². The van der Waals surface area contributed by atoms with Crippen molar-refractivity contribution in [3.63, 3.8) is 0 Å². The molecule has 2 aromatic rings. The summed E-state index contributed by atoms with van der Waals surface area (Å²) < 4.78 is 38.9. The smallest absolute Gasteiger partial charge is 0.241 e. The zero-order chi connectivity index (χ0) is 18.6. The molecule has 0 unspecified atom stereocenters. The molecule has 0 aliphatic rings. The molecule has 0 heterocycles. The van der Waals surface area contributed by atoms with Gasteiger partial charge in [0.2, 0.25) is 15.9 Å². The average Bonchev–Trinajstić information content (AvgIpc) is 2.54. The van der Waals surface area contributed by atoms with Crippen molar-refractivity contribution in [1.82, 2.24) is 5.32 Å². The van der Waals surface area contributed by atoms with Gasteiger partial charge in [0, 0.05) is 11.0 Å². The van der Waals surface area contributed by atoms with Crippen LogP contribution >= 0.6 is 15.9 Å². The Hall–Kier alpha value is -1.93. The van der Waals surface area contributed by atoms with E-state index in [1.165, 1.54) is 12.1 Å². The molecule has 0 radical (unpaired) electrons. The van der Waals surface area contributed by atoms with Gasteiger partial charge < -0.3 is 5.32 Å². The van der Waals surface area contributed by atoms with Crippen LogP contribution in [-0.2, 0) is 21.4 Å². The Bertz CT molecular complexity index is 870. The molecule has 5 nitrogen and oxygen atoms in total. The van der Waals surface area contributed by atoms with E-state index in [-0.39, 0.29) is 18.9 Å². The first-order valence-corrected chi connectivity index (χ1v) is 10.1. The summed E-state index contributed by atoms with van der Waals surface area (Å²) in [4.78, 5) is 12.2. The van der Waals surface area contributed by atoms with Crippen molar-refractivity contribution < 1.29 is 17.6 Å². The number of halogens is 2. The fourth-order valence-corrected chi connectivity index (χ4v) is 3.27. The molecule has 134 valence electrons. The first-order chi connectivity index (χ1) is 11.7. The zero-order valence-electron chi connectivity index (χ0n) is 13.8. The number of hydrogen-bond acceptors (Lipinski definition) is 3. The summed E-state index contributed by atoms with van der Waals surface area (Å²) in [5.74, 6) is -0.806. The van der Waals surface area contributed by atoms with Gasteiger partial charge in [-0.15, -0.1) is 0 Å². The molecule has 2 aromatic carbocycles. The van der Waals surface area contributed by atoms with Crippen LogP contribution < -0.4 is 9.62 Å². The highest BCUT2D eigenvalue weighted by atomic mass is 79.9. The molecule has 0 aliphatic heterocycles. The minimum absolute atomic E-state index is 0.191. The summed E-state index contributed by atoms with van der Waals surface area (Å²) in [5, 5.41) is 2.64. The third kappa shape index (κ3) is 5.54. The van der Waals surface area contributed by atoms with Crippen LogP contribution in [0.3, 0.4) is 0 Å². The highest BCUT2D eigenvalue weighted by Crippen LogP contribution is 2.24. The second-order valence-corrected chi connectivity index (χ2v) is 8.37. The van der Waals surface area contributed by atoms with E-state index in [4.69, 9.17) is 0 Å². The van der Waals surface area contributed by atoms with E-state index >= 15 is 0 Å². The predicted molar refractivity (Wildman–Crippen MR) is 99.3 cm³/mol. The largest absolute Gasteiger partial charge is 0.350 e. The molecule has 0 aromatic heterocycles. The second kappa shape index (κ2) is 7.97. The Morgan fingerprint density at radius 1 is 1.20 bits per heavy atom. The van der Waals surface area contributed by atoms with Crippen molar-refractivity contribution in [3.05, 3.63) is 63.9 Å². The topological polar surface area (TPSA) is 66.5 Å². The van der Waals surface area contributed by atoms with E-state index in [2.05, 4.69) is 21.2 Å². The van der Waals surface area contributed by atoms with Gasteiger partial charge in [0.25, 0.3) is 0 Å². The number of hydrogen-bond donors (Lipinski definition) is 1. The lowest BCUT2D eigenvalue weighted by molar-refractivity contribution is -0.119. The SMILES string of the molecule is Cc1cc(N(CC(=O)NCc2ccc(F)cc2)S(C)(=O)=O)ccc1Br. The lowest BCUT2D eigenvalue weighted by atomic mass is 10.2. The molecule has 1 N–H and O–H groups in total. The Morgan fingerprint density at radius 2 is 1.84 bits per heavy atom. The van der Waals surface area contributed by atoms with Crippen LogP contribution in [0.4, 0.5) is 10.1 Å². The molecule has 2 rings (SSSR count). The third-order valence-electron chi connectivity index (χ3n) is 3.52. The van der Waals surface area contributed by atoms with Gasteiger partial charge in [-0.2, -0.15) is 0 Å². The maximum Gasteiger partial charge on any atom is 0.241 e. The maximum atomic E-state index is 12.9. The standard InChI is InChI=1S/C17H18BrFN2O3S/c1-12-9-15(7-8-16(12)18)21(25(2,23)24)11-17(22)20-10-13-3-5-14(19)6-4-13/h3-9H,10-11H2,1-2H3,(H,20,22). The summed E-state index contributed by atoms with van der Waals surface area (Å²) in [5.41, 5.74) is 2.00. The number of benzene rings is 2. The summed E-state index contributed by atoms with van der Waals surface area (Å²) in [6.45, 7) is 1.69. The van der Waals surface area contributed by atoms with Gasteiger partial charge in [0.05, 0.1) is 11.9 Å². The Balaban J connectivity index is 2.10. The van der Waals surface area contributed by atoms with Gasteiger partial charge in [0.1, 0.15) is 12.4 Å². The number of anilines is 1. The number of amides is 1. The number of nitrogens with one attached hydrogen (secondary N) is 1. The van der Waals surface area contributed by atoms with Crippen LogP contribution in [0, 0.1) is 12.7 Å². The quantitative estimate of drug-likeness (QED) is 0.768. The number of rotatable bonds is 6. The first kappa shape index (κ1) is 19.4. The van der Waals surface area contributed by atoms with Crippen molar-refractivity contribution in [2.24, 2.45) is 0 Å². The lowest BCUT2D eigenvalue weighted by Gasteiger charge is -2.22. The second-order valence-electron chi connectivity index (χ2n) is 5.61. The molecule has 0 saturated heterocycles. The van der Waals surface area contributed by atoms with E-state index in [0.29, 0.717) is 5.69 Å². The van der Waals surface area contributed by atoms with Crippen molar-refractivity contribution in [2.45, 2.75) is 13.5 Å².